The topological polar surface area (TPSA) is 28.7 Å². The molecule has 90 valence electrons. The molecule has 0 amide bonds. The molecule has 1 aliphatic heterocycles. The lowest BCUT2D eigenvalue weighted by Crippen LogP contribution is -2.14. The Kier molecular flexibility index (Phi) is 2.80. The third-order valence-electron chi connectivity index (χ3n) is 3.24. The number of benzene rings is 1. The number of nitrogens with zero attached hydrogens (tertiary/aromatic N) is 1. The maximum absolute atomic E-state index is 6.01. The Hall–Kier alpha value is -0.380. The molecule has 1 aromatic carbocycles. The van der Waals surface area contributed by atoms with Crippen molar-refractivity contribution < 1.29 is 0 Å². The largest absolute Gasteiger partial charge is 0.341 e. The van der Waals surface area contributed by atoms with Crippen LogP contribution in [-0.4, -0.2) is 15.7 Å². The summed E-state index contributed by atoms with van der Waals surface area (Å²) in [6, 6.07) is 3.67. The Morgan fingerprint density at radius 2 is 2.12 bits per heavy atom. The van der Waals surface area contributed by atoms with Crippen LogP contribution in [-0.2, 0) is 4.75 Å². The fourth-order valence-electron chi connectivity index (χ4n) is 2.22. The first-order valence-corrected chi connectivity index (χ1v) is 7.32. The van der Waals surface area contributed by atoms with Crippen molar-refractivity contribution in [1.82, 2.24) is 9.97 Å². The Morgan fingerprint density at radius 3 is 2.82 bits per heavy atom. The second-order valence-corrected chi connectivity index (χ2v) is 6.96. The summed E-state index contributed by atoms with van der Waals surface area (Å²) in [6.45, 7) is 2.24. The Labute approximate surface area is 114 Å². The molecule has 3 rings (SSSR count). The highest BCUT2D eigenvalue weighted by Crippen LogP contribution is 2.45. The van der Waals surface area contributed by atoms with Gasteiger partial charge in [0, 0.05) is 0 Å². The van der Waals surface area contributed by atoms with Crippen LogP contribution in [0.15, 0.2) is 12.1 Å². The molecule has 1 aromatic heterocycles. The number of halogens is 2. The molecule has 2 aromatic rings. The van der Waals surface area contributed by atoms with Crippen LogP contribution in [0.25, 0.3) is 11.0 Å². The van der Waals surface area contributed by atoms with Crippen LogP contribution in [0, 0.1) is 0 Å². The van der Waals surface area contributed by atoms with Gasteiger partial charge in [-0.3, -0.25) is 0 Å². The lowest BCUT2D eigenvalue weighted by atomic mass is 10.1. The molecule has 0 bridgehead atoms. The molecular weight excluding hydrogens is 275 g/mol. The lowest BCUT2D eigenvalue weighted by Gasteiger charge is -2.18. The van der Waals surface area contributed by atoms with Crippen molar-refractivity contribution in [3.63, 3.8) is 0 Å². The van der Waals surface area contributed by atoms with E-state index in [1.165, 1.54) is 18.6 Å². The zero-order chi connectivity index (χ0) is 12.0. The predicted octanol–water partition coefficient (Wildman–Crippen LogP) is 4.61. The normalized spacial score (nSPS) is 24.6. The second-order valence-electron chi connectivity index (χ2n) is 4.55. The molecule has 1 aliphatic rings. The smallest absolute Gasteiger partial charge is 0.123 e. The molecule has 0 aliphatic carbocycles. The second kappa shape index (κ2) is 4.08. The standard InChI is InChI=1S/C12H12Cl2N2S/c1-12(3-2-4-17-12)11-15-9-5-7(13)8(14)6-10(9)16-11/h5-6H,2-4H2,1H3,(H,15,16). The van der Waals surface area contributed by atoms with Crippen LogP contribution in [0.2, 0.25) is 10.0 Å². The van der Waals surface area contributed by atoms with Crippen molar-refractivity contribution in [1.29, 1.82) is 0 Å². The number of hydrogen-bond acceptors (Lipinski definition) is 2. The van der Waals surface area contributed by atoms with Crippen LogP contribution < -0.4 is 0 Å². The minimum Gasteiger partial charge on any atom is -0.341 e. The summed E-state index contributed by atoms with van der Waals surface area (Å²) in [5.74, 6) is 2.24. The highest BCUT2D eigenvalue weighted by molar-refractivity contribution is 8.00. The Bertz CT molecular complexity index is 534. The number of H-pyrrole nitrogens is 1. The quantitative estimate of drug-likeness (QED) is 0.829. The van der Waals surface area contributed by atoms with Gasteiger partial charge >= 0.3 is 0 Å². The van der Waals surface area contributed by atoms with Gasteiger partial charge in [-0.1, -0.05) is 23.2 Å². The van der Waals surface area contributed by atoms with E-state index in [1.807, 2.05) is 23.9 Å². The van der Waals surface area contributed by atoms with Crippen LogP contribution in [0.1, 0.15) is 25.6 Å². The highest BCUT2D eigenvalue weighted by Gasteiger charge is 2.34. The molecule has 0 radical (unpaired) electrons. The van der Waals surface area contributed by atoms with Gasteiger partial charge in [-0.25, -0.2) is 4.98 Å². The van der Waals surface area contributed by atoms with Gasteiger partial charge in [0.15, 0.2) is 0 Å². The summed E-state index contributed by atoms with van der Waals surface area (Å²) < 4.78 is 0.109. The van der Waals surface area contributed by atoms with E-state index in [1.54, 1.807) is 0 Å². The highest BCUT2D eigenvalue weighted by atomic mass is 35.5. The Balaban J connectivity index is 2.13. The van der Waals surface area contributed by atoms with Crippen LogP contribution in [0.5, 0.6) is 0 Å². The predicted molar refractivity (Wildman–Crippen MR) is 75.2 cm³/mol. The van der Waals surface area contributed by atoms with Crippen molar-refractivity contribution in [2.45, 2.75) is 24.5 Å². The molecular formula is C12H12Cl2N2S. The minimum atomic E-state index is 0.109. The molecule has 0 spiro atoms. The van der Waals surface area contributed by atoms with Gasteiger partial charge in [0.1, 0.15) is 5.82 Å². The maximum atomic E-state index is 6.01. The first kappa shape index (κ1) is 11.7. The number of rotatable bonds is 1. The van der Waals surface area contributed by atoms with Crippen LogP contribution in [0.4, 0.5) is 0 Å². The fourth-order valence-corrected chi connectivity index (χ4v) is 3.80. The van der Waals surface area contributed by atoms with E-state index < -0.39 is 0 Å². The first-order chi connectivity index (χ1) is 8.08. The van der Waals surface area contributed by atoms with Crippen LogP contribution in [0.3, 0.4) is 0 Å². The minimum absolute atomic E-state index is 0.109. The van der Waals surface area contributed by atoms with Gasteiger partial charge in [0.2, 0.25) is 0 Å². The molecule has 1 unspecified atom stereocenters. The number of nitrogens with one attached hydrogen (secondary N) is 1. The summed E-state index contributed by atoms with van der Waals surface area (Å²) in [5.41, 5.74) is 1.85. The molecule has 0 saturated carbocycles. The molecule has 1 fully saturated rings. The molecule has 1 saturated heterocycles. The number of hydrogen-bond donors (Lipinski definition) is 1. The zero-order valence-electron chi connectivity index (χ0n) is 9.39. The van der Waals surface area contributed by atoms with Crippen molar-refractivity contribution in [2.24, 2.45) is 0 Å². The van der Waals surface area contributed by atoms with Crippen molar-refractivity contribution in [2.75, 3.05) is 5.75 Å². The van der Waals surface area contributed by atoms with Crippen molar-refractivity contribution >= 4 is 46.0 Å². The van der Waals surface area contributed by atoms with E-state index in [-0.39, 0.29) is 4.75 Å². The van der Waals surface area contributed by atoms with Gasteiger partial charge < -0.3 is 4.98 Å². The summed E-state index contributed by atoms with van der Waals surface area (Å²) in [7, 11) is 0. The SMILES string of the molecule is CC1(c2nc3cc(Cl)c(Cl)cc3[nH]2)CCCS1. The summed E-state index contributed by atoms with van der Waals surface area (Å²) in [4.78, 5) is 8.02. The number of thioether (sulfide) groups is 1. The average Bonchev–Trinajstić information content (AvgIpc) is 2.87. The number of fused-ring (bicyclic) bond motifs is 1. The summed E-state index contributed by atoms with van der Waals surface area (Å²) in [5, 5.41) is 1.13. The fraction of sp³-hybridized carbons (Fsp3) is 0.417. The van der Waals surface area contributed by atoms with E-state index in [0.717, 1.165) is 16.9 Å². The van der Waals surface area contributed by atoms with Crippen molar-refractivity contribution in [3.05, 3.63) is 28.0 Å². The van der Waals surface area contributed by atoms with Crippen LogP contribution >= 0.6 is 35.0 Å². The molecule has 17 heavy (non-hydrogen) atoms. The molecule has 1 N–H and O–H groups in total. The van der Waals surface area contributed by atoms with E-state index in [9.17, 15) is 0 Å². The van der Waals surface area contributed by atoms with Gasteiger partial charge in [0.25, 0.3) is 0 Å². The van der Waals surface area contributed by atoms with Gasteiger partial charge in [-0.05, 0) is 37.7 Å². The number of aromatic amines is 1. The maximum Gasteiger partial charge on any atom is 0.123 e. The van der Waals surface area contributed by atoms with E-state index in [2.05, 4.69) is 16.9 Å². The third-order valence-corrected chi connectivity index (χ3v) is 5.49. The van der Waals surface area contributed by atoms with Gasteiger partial charge in [-0.15, -0.1) is 11.8 Å². The van der Waals surface area contributed by atoms with Gasteiger partial charge in [-0.2, -0.15) is 0 Å². The summed E-state index contributed by atoms with van der Waals surface area (Å²) in [6.07, 6.45) is 2.42. The molecule has 5 heteroatoms. The third kappa shape index (κ3) is 1.94. The van der Waals surface area contributed by atoms with E-state index in [4.69, 9.17) is 23.2 Å². The molecule has 2 heterocycles. The monoisotopic (exact) mass is 286 g/mol. The molecule has 2 nitrogen and oxygen atoms in total. The van der Waals surface area contributed by atoms with E-state index >= 15 is 0 Å². The first-order valence-electron chi connectivity index (χ1n) is 5.58. The number of aromatic nitrogens is 2. The van der Waals surface area contributed by atoms with Crippen molar-refractivity contribution in [3.8, 4) is 0 Å². The Morgan fingerprint density at radius 1 is 1.35 bits per heavy atom. The lowest BCUT2D eigenvalue weighted by molar-refractivity contribution is 0.614. The number of imidazole rings is 1. The van der Waals surface area contributed by atoms with Gasteiger partial charge in [0.05, 0.1) is 25.8 Å². The van der Waals surface area contributed by atoms with E-state index in [0.29, 0.717) is 10.0 Å². The average molecular weight is 287 g/mol. The zero-order valence-corrected chi connectivity index (χ0v) is 11.7. The summed E-state index contributed by atoms with van der Waals surface area (Å²) >= 11 is 14.0. The molecule has 1 atom stereocenters.